The first-order chi connectivity index (χ1) is 13.2. The molecule has 0 radical (unpaired) electrons. The van der Waals surface area contributed by atoms with Crippen molar-refractivity contribution in [1.29, 1.82) is 0 Å². The highest BCUT2D eigenvalue weighted by atomic mass is 32.2. The lowest BCUT2D eigenvalue weighted by Gasteiger charge is -2.25. The Bertz CT molecular complexity index is 1160. The van der Waals surface area contributed by atoms with Crippen LogP contribution >= 0.6 is 0 Å². The first-order valence-electron chi connectivity index (χ1n) is 8.62. The van der Waals surface area contributed by atoms with E-state index in [2.05, 4.69) is 4.98 Å². The van der Waals surface area contributed by atoms with Gasteiger partial charge in [-0.05, 0) is 29.8 Å². The topological polar surface area (TPSA) is 50.3 Å². The lowest BCUT2D eigenvalue weighted by Crippen LogP contribution is -2.30. The third-order valence-corrected chi connectivity index (χ3v) is 6.18. The number of hydrogen-bond donors (Lipinski definition) is 0. The number of anilines is 1. The van der Waals surface area contributed by atoms with Gasteiger partial charge in [0.1, 0.15) is 4.90 Å². The smallest absolute Gasteiger partial charge is 0.262 e. The number of pyridine rings is 1. The maximum Gasteiger partial charge on any atom is 0.266 e. The predicted octanol–water partition coefficient (Wildman–Crippen LogP) is 4.63. The van der Waals surface area contributed by atoms with E-state index in [9.17, 15) is 8.42 Å². The van der Waals surface area contributed by atoms with Crippen LogP contribution in [0.5, 0.6) is 0 Å². The van der Waals surface area contributed by atoms with Gasteiger partial charge in [-0.25, -0.2) is 8.42 Å². The normalized spacial score (nSPS) is 11.4. The highest BCUT2D eigenvalue weighted by Gasteiger charge is 2.27. The summed E-state index contributed by atoms with van der Waals surface area (Å²) in [5.74, 6) is 0. The van der Waals surface area contributed by atoms with Gasteiger partial charge in [0.2, 0.25) is 0 Å². The molecule has 4 nitrogen and oxygen atoms in total. The van der Waals surface area contributed by atoms with Gasteiger partial charge in [0.05, 0.1) is 17.7 Å². The van der Waals surface area contributed by atoms with Crippen molar-refractivity contribution < 1.29 is 8.42 Å². The molecule has 0 spiro atoms. The van der Waals surface area contributed by atoms with Gasteiger partial charge < -0.3 is 0 Å². The van der Waals surface area contributed by atoms with E-state index in [1.807, 2.05) is 60.7 Å². The molecule has 0 saturated carbocycles. The van der Waals surface area contributed by atoms with Gasteiger partial charge in [-0.2, -0.15) is 0 Å². The van der Waals surface area contributed by atoms with E-state index in [1.165, 1.54) is 4.31 Å². The molecule has 1 heterocycles. The molecule has 0 bridgehead atoms. The molecule has 4 aromatic rings. The van der Waals surface area contributed by atoms with Crippen molar-refractivity contribution in [3.8, 4) is 0 Å². The van der Waals surface area contributed by atoms with Gasteiger partial charge in [0.25, 0.3) is 10.0 Å². The first kappa shape index (κ1) is 17.2. The molecule has 0 N–H and O–H groups in total. The van der Waals surface area contributed by atoms with Crippen LogP contribution in [-0.2, 0) is 16.6 Å². The van der Waals surface area contributed by atoms with E-state index >= 15 is 0 Å². The number of benzene rings is 3. The van der Waals surface area contributed by atoms with Crippen molar-refractivity contribution in [1.82, 2.24) is 4.98 Å². The zero-order valence-corrected chi connectivity index (χ0v) is 15.4. The maximum atomic E-state index is 13.6. The Balaban J connectivity index is 1.88. The quantitative estimate of drug-likeness (QED) is 0.512. The van der Waals surface area contributed by atoms with Gasteiger partial charge in [-0.3, -0.25) is 9.29 Å². The molecule has 0 aliphatic carbocycles. The second-order valence-corrected chi connectivity index (χ2v) is 7.99. The van der Waals surface area contributed by atoms with Gasteiger partial charge in [-0.1, -0.05) is 66.7 Å². The molecule has 5 heteroatoms. The Hall–Kier alpha value is -3.18. The van der Waals surface area contributed by atoms with Crippen LogP contribution in [0.15, 0.2) is 102 Å². The van der Waals surface area contributed by atoms with Crippen molar-refractivity contribution in [2.24, 2.45) is 0 Å². The molecule has 0 saturated heterocycles. The molecular weight excluding hydrogens is 356 g/mol. The average Bonchev–Trinajstić information content (AvgIpc) is 2.73. The Morgan fingerprint density at radius 1 is 0.741 bits per heavy atom. The fourth-order valence-corrected chi connectivity index (χ4v) is 4.68. The minimum atomic E-state index is -3.81. The van der Waals surface area contributed by atoms with E-state index < -0.39 is 10.0 Å². The lowest BCUT2D eigenvalue weighted by molar-refractivity contribution is 0.591. The van der Waals surface area contributed by atoms with E-state index in [0.717, 1.165) is 10.9 Å². The van der Waals surface area contributed by atoms with Gasteiger partial charge in [0, 0.05) is 11.6 Å². The molecule has 134 valence electrons. The number of para-hydroxylation sites is 2. The molecule has 3 aromatic carbocycles. The minimum absolute atomic E-state index is 0.209. The summed E-state index contributed by atoms with van der Waals surface area (Å²) in [5.41, 5.74) is 2.02. The number of fused-ring (bicyclic) bond motifs is 1. The molecule has 0 aliphatic heterocycles. The Morgan fingerprint density at radius 2 is 1.41 bits per heavy atom. The zero-order chi connectivity index (χ0) is 18.7. The Labute approximate surface area is 158 Å². The van der Waals surface area contributed by atoms with E-state index in [4.69, 9.17) is 0 Å². The van der Waals surface area contributed by atoms with Crippen molar-refractivity contribution in [3.63, 3.8) is 0 Å². The van der Waals surface area contributed by atoms with Gasteiger partial charge >= 0.3 is 0 Å². The summed E-state index contributed by atoms with van der Waals surface area (Å²) in [6, 6.07) is 27.6. The standard InChI is InChI=1S/C22H18N2O2S/c25-27(26,21-15-7-11-19-12-8-16-23-22(19)21)24(20-13-5-2-6-14-20)17-18-9-3-1-4-10-18/h1-16H,17H2. The average molecular weight is 374 g/mol. The van der Waals surface area contributed by atoms with Gasteiger partial charge in [0.15, 0.2) is 0 Å². The summed E-state index contributed by atoms with van der Waals surface area (Å²) in [6.45, 7) is 0.246. The summed E-state index contributed by atoms with van der Waals surface area (Å²) < 4.78 is 28.7. The maximum absolute atomic E-state index is 13.6. The fraction of sp³-hybridized carbons (Fsp3) is 0.0455. The molecule has 0 atom stereocenters. The predicted molar refractivity (Wildman–Crippen MR) is 108 cm³/mol. The molecule has 0 amide bonds. The molecule has 0 aliphatic rings. The second kappa shape index (κ2) is 7.21. The summed E-state index contributed by atoms with van der Waals surface area (Å²) in [5, 5.41) is 0.797. The highest BCUT2D eigenvalue weighted by molar-refractivity contribution is 7.93. The number of sulfonamides is 1. The van der Waals surface area contributed by atoms with Crippen LogP contribution in [0.3, 0.4) is 0 Å². The lowest BCUT2D eigenvalue weighted by atomic mass is 10.2. The van der Waals surface area contributed by atoms with E-state index in [0.29, 0.717) is 11.2 Å². The van der Waals surface area contributed by atoms with Crippen molar-refractivity contribution in [2.45, 2.75) is 11.4 Å². The summed E-state index contributed by atoms with van der Waals surface area (Å²) in [7, 11) is -3.81. The number of rotatable bonds is 5. The third kappa shape index (κ3) is 3.41. The van der Waals surface area contributed by atoms with Crippen LogP contribution in [0.4, 0.5) is 5.69 Å². The van der Waals surface area contributed by atoms with E-state index in [1.54, 1.807) is 36.5 Å². The van der Waals surface area contributed by atoms with Gasteiger partial charge in [-0.15, -0.1) is 0 Å². The second-order valence-electron chi connectivity index (χ2n) is 6.16. The fourth-order valence-electron chi connectivity index (χ4n) is 3.06. The number of nitrogens with zero attached hydrogens (tertiary/aromatic N) is 2. The summed E-state index contributed by atoms with van der Waals surface area (Å²) in [4.78, 5) is 4.53. The molecular formula is C22H18N2O2S. The van der Waals surface area contributed by atoms with Crippen molar-refractivity contribution in [3.05, 3.63) is 103 Å². The van der Waals surface area contributed by atoms with Crippen molar-refractivity contribution in [2.75, 3.05) is 4.31 Å². The van der Waals surface area contributed by atoms with Crippen molar-refractivity contribution >= 4 is 26.6 Å². The van der Waals surface area contributed by atoms with Crippen LogP contribution in [-0.4, -0.2) is 13.4 Å². The zero-order valence-electron chi connectivity index (χ0n) is 14.6. The Morgan fingerprint density at radius 3 is 2.15 bits per heavy atom. The third-order valence-electron chi connectivity index (χ3n) is 4.38. The minimum Gasteiger partial charge on any atom is -0.262 e. The molecule has 27 heavy (non-hydrogen) atoms. The van der Waals surface area contributed by atoms with E-state index in [-0.39, 0.29) is 11.4 Å². The molecule has 4 rings (SSSR count). The molecule has 0 fully saturated rings. The Kier molecular flexibility index (Phi) is 4.60. The molecule has 1 aromatic heterocycles. The van der Waals surface area contributed by atoms with Crippen LogP contribution in [0.25, 0.3) is 10.9 Å². The van der Waals surface area contributed by atoms with Crippen LogP contribution in [0, 0.1) is 0 Å². The number of aromatic nitrogens is 1. The van der Waals surface area contributed by atoms with Crippen LogP contribution in [0.2, 0.25) is 0 Å². The highest BCUT2D eigenvalue weighted by Crippen LogP contribution is 2.29. The number of hydrogen-bond acceptors (Lipinski definition) is 3. The summed E-state index contributed by atoms with van der Waals surface area (Å²) in [6.07, 6.45) is 1.62. The monoisotopic (exact) mass is 374 g/mol. The van der Waals surface area contributed by atoms with Crippen LogP contribution < -0.4 is 4.31 Å². The SMILES string of the molecule is O=S(=O)(c1cccc2cccnc12)N(Cc1ccccc1)c1ccccc1. The summed E-state index contributed by atoms with van der Waals surface area (Å²) >= 11 is 0. The molecule has 0 unspecified atom stereocenters. The first-order valence-corrected chi connectivity index (χ1v) is 10.1. The van der Waals surface area contributed by atoms with Crippen LogP contribution in [0.1, 0.15) is 5.56 Å². The largest absolute Gasteiger partial charge is 0.266 e.